The minimum Gasteiger partial charge on any atom is -0.430 e. The van der Waals surface area contributed by atoms with Gasteiger partial charge in [-0.2, -0.15) is 0 Å². The van der Waals surface area contributed by atoms with E-state index < -0.39 is 0 Å². The highest BCUT2D eigenvalue weighted by atomic mass is 16.5. The van der Waals surface area contributed by atoms with Crippen molar-refractivity contribution in [3.8, 4) is 0 Å². The lowest BCUT2D eigenvalue weighted by Crippen LogP contribution is -2.32. The molecule has 0 bridgehead atoms. The van der Waals surface area contributed by atoms with E-state index in [0.717, 1.165) is 28.6 Å². The standard InChI is InChI=1S/C16H17N3O3/c1-8-10-6-21-16(2,3)5-9(10)11-12-13(22-14(11)18-8)15(20)19(4)7-17-12/h7H,5-6H2,1-4H3. The Morgan fingerprint density at radius 1 is 1.32 bits per heavy atom. The molecule has 22 heavy (non-hydrogen) atoms. The zero-order valence-electron chi connectivity index (χ0n) is 13.1. The van der Waals surface area contributed by atoms with Crippen molar-refractivity contribution < 1.29 is 9.15 Å². The molecule has 0 amide bonds. The van der Waals surface area contributed by atoms with Gasteiger partial charge in [-0.3, -0.25) is 9.36 Å². The molecule has 0 aromatic carbocycles. The summed E-state index contributed by atoms with van der Waals surface area (Å²) < 4.78 is 13.0. The first kappa shape index (κ1) is 13.5. The van der Waals surface area contributed by atoms with E-state index >= 15 is 0 Å². The van der Waals surface area contributed by atoms with Gasteiger partial charge in [-0.1, -0.05) is 0 Å². The van der Waals surface area contributed by atoms with Gasteiger partial charge in [0.2, 0.25) is 11.3 Å². The number of fused-ring (bicyclic) bond motifs is 5. The van der Waals surface area contributed by atoms with E-state index in [0.29, 0.717) is 17.8 Å². The van der Waals surface area contributed by atoms with E-state index in [1.54, 1.807) is 7.05 Å². The molecule has 1 aliphatic heterocycles. The minimum atomic E-state index is -0.253. The number of hydrogen-bond donors (Lipinski definition) is 0. The van der Waals surface area contributed by atoms with Gasteiger partial charge in [0.05, 0.1) is 23.9 Å². The summed E-state index contributed by atoms with van der Waals surface area (Å²) >= 11 is 0. The Morgan fingerprint density at radius 3 is 2.86 bits per heavy atom. The third-order valence-electron chi connectivity index (χ3n) is 4.32. The fourth-order valence-electron chi connectivity index (χ4n) is 3.11. The number of nitrogens with zero attached hydrogens (tertiary/aromatic N) is 3. The van der Waals surface area contributed by atoms with Gasteiger partial charge in [-0.25, -0.2) is 9.97 Å². The van der Waals surface area contributed by atoms with E-state index in [1.807, 2.05) is 6.92 Å². The maximum atomic E-state index is 12.3. The highest BCUT2D eigenvalue weighted by molar-refractivity contribution is 6.03. The van der Waals surface area contributed by atoms with Crippen LogP contribution in [0.5, 0.6) is 0 Å². The van der Waals surface area contributed by atoms with Crippen LogP contribution >= 0.6 is 0 Å². The molecule has 0 saturated heterocycles. The van der Waals surface area contributed by atoms with E-state index in [2.05, 4.69) is 23.8 Å². The highest BCUT2D eigenvalue weighted by Crippen LogP contribution is 2.37. The number of pyridine rings is 1. The predicted molar refractivity (Wildman–Crippen MR) is 81.9 cm³/mol. The summed E-state index contributed by atoms with van der Waals surface area (Å²) in [7, 11) is 1.66. The first-order valence-corrected chi connectivity index (χ1v) is 7.27. The molecular weight excluding hydrogens is 282 g/mol. The Balaban J connectivity index is 2.18. The van der Waals surface area contributed by atoms with Crippen LogP contribution in [0.15, 0.2) is 15.5 Å². The monoisotopic (exact) mass is 299 g/mol. The van der Waals surface area contributed by atoms with Crippen LogP contribution in [0, 0.1) is 6.92 Å². The number of ether oxygens (including phenoxy) is 1. The lowest BCUT2D eigenvalue weighted by atomic mass is 9.89. The molecular formula is C16H17N3O3. The maximum absolute atomic E-state index is 12.3. The Morgan fingerprint density at radius 2 is 2.09 bits per heavy atom. The molecule has 0 fully saturated rings. The second kappa shape index (κ2) is 4.16. The first-order chi connectivity index (χ1) is 10.4. The summed E-state index contributed by atoms with van der Waals surface area (Å²) in [4.78, 5) is 21.2. The highest BCUT2D eigenvalue weighted by Gasteiger charge is 2.31. The van der Waals surface area contributed by atoms with Crippen molar-refractivity contribution in [2.75, 3.05) is 0 Å². The van der Waals surface area contributed by atoms with Crippen LogP contribution in [0.25, 0.3) is 22.2 Å². The van der Waals surface area contributed by atoms with Gasteiger partial charge < -0.3 is 9.15 Å². The number of furan rings is 1. The average Bonchev–Trinajstić information content (AvgIpc) is 2.81. The number of aryl methyl sites for hydroxylation is 2. The number of hydrogen-bond acceptors (Lipinski definition) is 5. The lowest BCUT2D eigenvalue weighted by Gasteiger charge is -2.32. The van der Waals surface area contributed by atoms with Crippen molar-refractivity contribution in [2.24, 2.45) is 7.05 Å². The smallest absolute Gasteiger partial charge is 0.296 e. The molecule has 1 aliphatic rings. The summed E-state index contributed by atoms with van der Waals surface area (Å²) in [6, 6.07) is 0. The zero-order chi connectivity index (χ0) is 15.6. The molecule has 114 valence electrons. The van der Waals surface area contributed by atoms with Crippen molar-refractivity contribution in [3.63, 3.8) is 0 Å². The largest absolute Gasteiger partial charge is 0.430 e. The SMILES string of the molecule is Cc1nc2oc3c(=O)n(C)cnc3c2c2c1COC(C)(C)C2. The van der Waals surface area contributed by atoms with Gasteiger partial charge >= 0.3 is 0 Å². The predicted octanol–water partition coefficient (Wildman–Crippen LogP) is 2.23. The minimum absolute atomic E-state index is 0.194. The molecule has 3 aromatic rings. The lowest BCUT2D eigenvalue weighted by molar-refractivity contribution is -0.0400. The summed E-state index contributed by atoms with van der Waals surface area (Å²) in [5.41, 5.74) is 4.01. The molecule has 0 unspecified atom stereocenters. The molecule has 0 radical (unpaired) electrons. The Kier molecular flexibility index (Phi) is 2.55. The van der Waals surface area contributed by atoms with Crippen LogP contribution in [0.1, 0.15) is 30.7 Å². The molecule has 0 spiro atoms. The van der Waals surface area contributed by atoms with Crippen molar-refractivity contribution in [2.45, 2.75) is 39.4 Å². The van der Waals surface area contributed by atoms with Crippen LogP contribution in [0.3, 0.4) is 0 Å². The molecule has 0 N–H and O–H groups in total. The van der Waals surface area contributed by atoms with E-state index in [4.69, 9.17) is 9.15 Å². The molecule has 4 heterocycles. The van der Waals surface area contributed by atoms with Crippen LogP contribution in [0.2, 0.25) is 0 Å². The van der Waals surface area contributed by atoms with Crippen LogP contribution in [0.4, 0.5) is 0 Å². The molecule has 4 rings (SSSR count). The Bertz CT molecular complexity index is 982. The summed E-state index contributed by atoms with van der Waals surface area (Å²) in [5.74, 6) is 0. The molecule has 6 nitrogen and oxygen atoms in total. The fraction of sp³-hybridized carbons (Fsp3) is 0.438. The van der Waals surface area contributed by atoms with Gasteiger partial charge in [0.1, 0.15) is 5.52 Å². The molecule has 3 aromatic heterocycles. The molecule has 0 saturated carbocycles. The number of rotatable bonds is 0. The molecule has 6 heteroatoms. The van der Waals surface area contributed by atoms with Gasteiger partial charge in [0, 0.05) is 24.7 Å². The quantitative estimate of drug-likeness (QED) is 0.636. The number of aromatic nitrogens is 3. The molecule has 0 atom stereocenters. The van der Waals surface area contributed by atoms with Crippen molar-refractivity contribution in [1.82, 2.24) is 14.5 Å². The Labute approximate surface area is 126 Å². The second-order valence-electron chi connectivity index (χ2n) is 6.50. The fourth-order valence-corrected chi connectivity index (χ4v) is 3.11. The van der Waals surface area contributed by atoms with Crippen molar-refractivity contribution in [3.05, 3.63) is 33.5 Å². The summed E-state index contributed by atoms with van der Waals surface area (Å²) in [6.07, 6.45) is 2.27. The topological polar surface area (TPSA) is 70.2 Å². The van der Waals surface area contributed by atoms with Gasteiger partial charge in [-0.05, 0) is 26.3 Å². The van der Waals surface area contributed by atoms with E-state index in [-0.39, 0.29) is 16.7 Å². The van der Waals surface area contributed by atoms with Crippen LogP contribution in [-0.2, 0) is 24.8 Å². The molecule has 0 aliphatic carbocycles. The van der Waals surface area contributed by atoms with Gasteiger partial charge in [-0.15, -0.1) is 0 Å². The first-order valence-electron chi connectivity index (χ1n) is 7.27. The van der Waals surface area contributed by atoms with Crippen molar-refractivity contribution in [1.29, 1.82) is 0 Å². The van der Waals surface area contributed by atoms with Crippen LogP contribution < -0.4 is 5.56 Å². The summed E-state index contributed by atoms with van der Waals surface area (Å²) in [6.45, 7) is 6.59. The maximum Gasteiger partial charge on any atom is 0.296 e. The third kappa shape index (κ3) is 1.73. The van der Waals surface area contributed by atoms with Crippen LogP contribution in [-0.4, -0.2) is 20.1 Å². The van der Waals surface area contributed by atoms with E-state index in [9.17, 15) is 4.79 Å². The summed E-state index contributed by atoms with van der Waals surface area (Å²) in [5, 5.41) is 0.852. The van der Waals surface area contributed by atoms with Gasteiger partial charge in [0.15, 0.2) is 0 Å². The van der Waals surface area contributed by atoms with Crippen molar-refractivity contribution >= 4 is 22.2 Å². The van der Waals surface area contributed by atoms with E-state index in [1.165, 1.54) is 10.9 Å². The zero-order valence-corrected chi connectivity index (χ0v) is 13.1. The van der Waals surface area contributed by atoms with Gasteiger partial charge in [0.25, 0.3) is 5.56 Å². The normalized spacial score (nSPS) is 17.1. The third-order valence-corrected chi connectivity index (χ3v) is 4.32. The Hall–Kier alpha value is -2.21. The average molecular weight is 299 g/mol. The second-order valence-corrected chi connectivity index (χ2v) is 6.50.